The van der Waals surface area contributed by atoms with E-state index in [1.54, 1.807) is 18.2 Å². The second-order valence-electron chi connectivity index (χ2n) is 7.65. The standard InChI is InChI=1S/C24H18F5N3O3/c1-13-9-17-19(32(13)12-15-5-6-16(25)11-18(15)26)3-2-4-20(17)34-21-10-14(7-8-31-21)22(30)35-23(33)24(27,28)29/h2-11,22H,12,30H2,1H3. The maximum Gasteiger partial charge on any atom is 0.490 e. The largest absolute Gasteiger partial charge is 0.490 e. The predicted octanol–water partition coefficient (Wildman–Crippen LogP) is 5.53. The van der Waals surface area contributed by atoms with Crippen molar-refractivity contribution in [2.75, 3.05) is 0 Å². The van der Waals surface area contributed by atoms with Crippen molar-refractivity contribution in [1.29, 1.82) is 0 Å². The van der Waals surface area contributed by atoms with Crippen LogP contribution in [0.1, 0.15) is 23.0 Å². The molecular formula is C24H18F5N3O3. The van der Waals surface area contributed by atoms with Gasteiger partial charge in [-0.3, -0.25) is 5.73 Å². The van der Waals surface area contributed by atoms with Gasteiger partial charge in [-0.15, -0.1) is 0 Å². The highest BCUT2D eigenvalue weighted by Crippen LogP contribution is 2.33. The molecule has 182 valence electrons. The van der Waals surface area contributed by atoms with Gasteiger partial charge in [0, 0.05) is 40.5 Å². The topological polar surface area (TPSA) is 79.4 Å². The van der Waals surface area contributed by atoms with Crippen LogP contribution >= 0.6 is 0 Å². The fraction of sp³-hybridized carbons (Fsp3) is 0.167. The highest BCUT2D eigenvalue weighted by Gasteiger charge is 2.42. The zero-order valence-corrected chi connectivity index (χ0v) is 18.1. The summed E-state index contributed by atoms with van der Waals surface area (Å²) in [5.74, 6) is -3.37. The number of benzene rings is 2. The molecule has 2 N–H and O–H groups in total. The number of aryl methyl sites for hydroxylation is 1. The van der Waals surface area contributed by atoms with E-state index in [9.17, 15) is 26.7 Å². The van der Waals surface area contributed by atoms with Crippen LogP contribution in [0.3, 0.4) is 0 Å². The van der Waals surface area contributed by atoms with Crippen molar-refractivity contribution in [2.24, 2.45) is 5.73 Å². The molecule has 35 heavy (non-hydrogen) atoms. The van der Waals surface area contributed by atoms with Gasteiger partial charge in [-0.1, -0.05) is 12.1 Å². The maximum absolute atomic E-state index is 14.2. The van der Waals surface area contributed by atoms with Crippen molar-refractivity contribution in [3.05, 3.63) is 89.2 Å². The SMILES string of the molecule is Cc1cc2c(Oc3cc(C(N)OC(=O)C(F)(F)F)ccn3)cccc2n1Cc1ccc(F)cc1F. The number of esters is 1. The third kappa shape index (κ3) is 5.24. The summed E-state index contributed by atoms with van der Waals surface area (Å²) in [6.07, 6.45) is -5.61. The minimum Gasteiger partial charge on any atom is -0.438 e. The number of halogens is 5. The van der Waals surface area contributed by atoms with Crippen LogP contribution in [-0.4, -0.2) is 21.7 Å². The first-order valence-corrected chi connectivity index (χ1v) is 10.2. The molecule has 0 amide bonds. The van der Waals surface area contributed by atoms with Crippen LogP contribution in [0.2, 0.25) is 0 Å². The fourth-order valence-electron chi connectivity index (χ4n) is 3.53. The number of carbonyl (C=O) groups excluding carboxylic acids is 1. The normalized spacial score (nSPS) is 12.5. The maximum atomic E-state index is 14.2. The molecule has 0 bridgehead atoms. The monoisotopic (exact) mass is 491 g/mol. The minimum absolute atomic E-state index is 0.00323. The van der Waals surface area contributed by atoms with E-state index in [0.29, 0.717) is 22.2 Å². The van der Waals surface area contributed by atoms with E-state index in [2.05, 4.69) is 9.72 Å². The van der Waals surface area contributed by atoms with Crippen molar-refractivity contribution in [1.82, 2.24) is 9.55 Å². The summed E-state index contributed by atoms with van der Waals surface area (Å²) in [6, 6.07) is 12.9. The summed E-state index contributed by atoms with van der Waals surface area (Å²) in [6.45, 7) is 1.97. The van der Waals surface area contributed by atoms with Crippen LogP contribution in [0.15, 0.2) is 60.8 Å². The second kappa shape index (κ2) is 9.34. The highest BCUT2D eigenvalue weighted by molar-refractivity contribution is 5.87. The number of aromatic nitrogens is 2. The quantitative estimate of drug-likeness (QED) is 0.218. The minimum atomic E-state index is -5.18. The average molecular weight is 491 g/mol. The molecule has 0 radical (unpaired) electrons. The van der Waals surface area contributed by atoms with Gasteiger partial charge in [-0.05, 0) is 37.3 Å². The summed E-state index contributed by atoms with van der Waals surface area (Å²) >= 11 is 0. The Bertz CT molecular complexity index is 1400. The number of alkyl halides is 3. The number of hydrogen-bond acceptors (Lipinski definition) is 5. The van der Waals surface area contributed by atoms with Gasteiger partial charge in [-0.2, -0.15) is 13.2 Å². The number of pyridine rings is 1. The zero-order valence-electron chi connectivity index (χ0n) is 18.1. The number of hydrogen-bond donors (Lipinski definition) is 1. The fourth-order valence-corrected chi connectivity index (χ4v) is 3.53. The Kier molecular flexibility index (Phi) is 6.44. The van der Waals surface area contributed by atoms with Crippen molar-refractivity contribution < 1.29 is 36.2 Å². The predicted molar refractivity (Wildman–Crippen MR) is 116 cm³/mol. The first-order valence-electron chi connectivity index (χ1n) is 10.2. The van der Waals surface area contributed by atoms with Gasteiger partial charge in [0.15, 0.2) is 6.23 Å². The molecule has 2 heterocycles. The van der Waals surface area contributed by atoms with Crippen LogP contribution in [-0.2, 0) is 16.1 Å². The average Bonchev–Trinajstić information content (AvgIpc) is 3.11. The summed E-state index contributed by atoms with van der Waals surface area (Å²) in [5, 5.41) is 0.660. The summed E-state index contributed by atoms with van der Waals surface area (Å²) in [4.78, 5) is 15.1. The van der Waals surface area contributed by atoms with E-state index < -0.39 is 30.0 Å². The lowest BCUT2D eigenvalue weighted by Gasteiger charge is -2.15. The van der Waals surface area contributed by atoms with Crippen LogP contribution in [0.25, 0.3) is 10.9 Å². The number of rotatable bonds is 6. The lowest BCUT2D eigenvalue weighted by Crippen LogP contribution is -2.30. The first-order chi connectivity index (χ1) is 16.5. The number of nitrogens with two attached hydrogens (primary N) is 1. The van der Waals surface area contributed by atoms with Gasteiger partial charge >= 0.3 is 12.1 Å². The van der Waals surface area contributed by atoms with Crippen molar-refractivity contribution in [3.63, 3.8) is 0 Å². The van der Waals surface area contributed by atoms with E-state index in [4.69, 9.17) is 10.5 Å². The highest BCUT2D eigenvalue weighted by atomic mass is 19.4. The third-order valence-electron chi connectivity index (χ3n) is 5.22. The van der Waals surface area contributed by atoms with E-state index in [0.717, 1.165) is 11.8 Å². The molecular weight excluding hydrogens is 473 g/mol. The molecule has 11 heteroatoms. The van der Waals surface area contributed by atoms with Crippen LogP contribution in [0.5, 0.6) is 11.6 Å². The molecule has 4 aromatic rings. The Hall–Kier alpha value is -3.99. The molecule has 0 saturated carbocycles. The number of carbonyl (C=O) groups is 1. The summed E-state index contributed by atoms with van der Waals surface area (Å²) in [7, 11) is 0. The van der Waals surface area contributed by atoms with Gasteiger partial charge < -0.3 is 14.0 Å². The Labute approximate surface area is 195 Å². The molecule has 0 aliphatic heterocycles. The molecule has 0 aliphatic rings. The Morgan fingerprint density at radius 1 is 1.11 bits per heavy atom. The van der Waals surface area contributed by atoms with E-state index in [-0.39, 0.29) is 18.0 Å². The van der Waals surface area contributed by atoms with Crippen molar-refractivity contribution in [3.8, 4) is 11.6 Å². The van der Waals surface area contributed by atoms with Crippen LogP contribution in [0.4, 0.5) is 22.0 Å². The molecule has 1 unspecified atom stereocenters. The molecule has 0 spiro atoms. The summed E-state index contributed by atoms with van der Waals surface area (Å²) in [5.41, 5.74) is 7.41. The van der Waals surface area contributed by atoms with Crippen LogP contribution in [0, 0.1) is 18.6 Å². The molecule has 0 saturated heterocycles. The molecule has 2 aromatic heterocycles. The van der Waals surface area contributed by atoms with Gasteiger partial charge in [0.25, 0.3) is 0 Å². The molecule has 0 aliphatic carbocycles. The number of nitrogens with zero attached hydrogens (tertiary/aromatic N) is 2. The van der Waals surface area contributed by atoms with Gasteiger partial charge in [0.2, 0.25) is 5.88 Å². The third-order valence-corrected chi connectivity index (χ3v) is 5.22. The molecule has 6 nitrogen and oxygen atoms in total. The molecule has 0 fully saturated rings. The van der Waals surface area contributed by atoms with E-state index in [1.807, 2.05) is 17.6 Å². The molecule has 2 aromatic carbocycles. The molecule has 4 rings (SSSR count). The van der Waals surface area contributed by atoms with Gasteiger partial charge in [0.1, 0.15) is 17.4 Å². The lowest BCUT2D eigenvalue weighted by molar-refractivity contribution is -0.205. The lowest BCUT2D eigenvalue weighted by atomic mass is 10.2. The van der Waals surface area contributed by atoms with Gasteiger partial charge in [-0.25, -0.2) is 18.6 Å². The first kappa shape index (κ1) is 24.1. The Morgan fingerprint density at radius 2 is 1.89 bits per heavy atom. The smallest absolute Gasteiger partial charge is 0.438 e. The van der Waals surface area contributed by atoms with E-state index in [1.165, 1.54) is 30.5 Å². The van der Waals surface area contributed by atoms with Crippen molar-refractivity contribution >= 4 is 16.9 Å². The van der Waals surface area contributed by atoms with Gasteiger partial charge in [0.05, 0.1) is 12.1 Å². The summed E-state index contributed by atoms with van der Waals surface area (Å²) < 4.78 is 76.7. The Morgan fingerprint density at radius 3 is 2.60 bits per heavy atom. The molecule has 1 atom stereocenters. The van der Waals surface area contributed by atoms with Crippen LogP contribution < -0.4 is 10.5 Å². The Balaban J connectivity index is 1.60. The van der Waals surface area contributed by atoms with E-state index >= 15 is 0 Å². The number of fused-ring (bicyclic) bond motifs is 1. The van der Waals surface area contributed by atoms with Crippen molar-refractivity contribution in [2.45, 2.75) is 25.9 Å². The number of ether oxygens (including phenoxy) is 2. The zero-order chi connectivity index (χ0) is 25.3. The second-order valence-corrected chi connectivity index (χ2v) is 7.65.